The zero-order chi connectivity index (χ0) is 20.6. The maximum Gasteiger partial charge on any atom is 0.303 e. The summed E-state index contributed by atoms with van der Waals surface area (Å²) in [4.78, 5) is 45.8. The molecule has 10 nitrogen and oxygen atoms in total. The van der Waals surface area contributed by atoms with Crippen LogP contribution in [-0.2, 0) is 47.6 Å². The number of carbonyl (C=O) groups is 4. The SMILES string of the molecule is C=CCO[C@H]1O[C@H](COC(C)=O)[C@H](OC(C)=O)[C@H](OC(C)=O)[C@H]1OC(C)=O. The van der Waals surface area contributed by atoms with E-state index in [2.05, 4.69) is 6.58 Å². The summed E-state index contributed by atoms with van der Waals surface area (Å²) in [5.41, 5.74) is 0. The van der Waals surface area contributed by atoms with E-state index in [4.69, 9.17) is 28.4 Å². The largest absolute Gasteiger partial charge is 0.463 e. The fourth-order valence-corrected chi connectivity index (χ4v) is 2.49. The van der Waals surface area contributed by atoms with E-state index in [0.29, 0.717) is 0 Å². The Morgan fingerprint density at radius 3 is 1.85 bits per heavy atom. The van der Waals surface area contributed by atoms with Crippen LogP contribution in [0.5, 0.6) is 0 Å². The third-order valence-electron chi connectivity index (χ3n) is 3.33. The Kier molecular flexibility index (Phi) is 8.89. The van der Waals surface area contributed by atoms with E-state index in [1.54, 1.807) is 0 Å². The molecule has 0 aliphatic carbocycles. The number of ether oxygens (including phenoxy) is 6. The standard InChI is InChI=1S/C17H24O10/c1-6-7-22-17-16(26-12(5)21)15(25-11(4)20)14(24-10(3)19)13(27-17)8-23-9(2)18/h6,13-17H,1,7-8H2,2-5H3/t13-,14+,15+,16-,17+/m1/s1. The maximum absolute atomic E-state index is 11.6. The van der Waals surface area contributed by atoms with Crippen LogP contribution in [0.2, 0.25) is 0 Å². The lowest BCUT2D eigenvalue weighted by molar-refractivity contribution is -0.305. The molecule has 1 saturated heterocycles. The molecule has 1 heterocycles. The Balaban J connectivity index is 3.24. The molecule has 0 N–H and O–H groups in total. The Morgan fingerprint density at radius 2 is 1.37 bits per heavy atom. The smallest absolute Gasteiger partial charge is 0.303 e. The van der Waals surface area contributed by atoms with Crippen molar-refractivity contribution in [3.8, 4) is 0 Å². The minimum absolute atomic E-state index is 0.0355. The van der Waals surface area contributed by atoms with Crippen LogP contribution in [0.4, 0.5) is 0 Å². The van der Waals surface area contributed by atoms with Crippen molar-refractivity contribution >= 4 is 23.9 Å². The van der Waals surface area contributed by atoms with E-state index in [0.717, 1.165) is 20.8 Å². The minimum Gasteiger partial charge on any atom is -0.463 e. The van der Waals surface area contributed by atoms with Gasteiger partial charge >= 0.3 is 23.9 Å². The third-order valence-corrected chi connectivity index (χ3v) is 3.33. The lowest BCUT2D eigenvalue weighted by atomic mass is 9.98. The van der Waals surface area contributed by atoms with Gasteiger partial charge in [0.2, 0.25) is 0 Å². The molecule has 0 unspecified atom stereocenters. The first-order valence-electron chi connectivity index (χ1n) is 8.18. The van der Waals surface area contributed by atoms with Gasteiger partial charge in [0.05, 0.1) is 6.61 Å². The Morgan fingerprint density at radius 1 is 0.852 bits per heavy atom. The first-order chi connectivity index (χ1) is 12.6. The molecule has 0 amide bonds. The summed E-state index contributed by atoms with van der Waals surface area (Å²) < 4.78 is 31.7. The molecule has 0 aromatic carbocycles. The molecule has 5 atom stereocenters. The molecular formula is C17H24O10. The fraction of sp³-hybridized carbons (Fsp3) is 0.647. The summed E-state index contributed by atoms with van der Waals surface area (Å²) >= 11 is 0. The normalized spacial score (nSPS) is 27.2. The van der Waals surface area contributed by atoms with Gasteiger partial charge in [-0.15, -0.1) is 6.58 Å². The van der Waals surface area contributed by atoms with Crippen LogP contribution in [0, 0.1) is 0 Å². The topological polar surface area (TPSA) is 124 Å². The quantitative estimate of drug-likeness (QED) is 0.325. The molecule has 0 aromatic rings. The minimum atomic E-state index is -1.24. The molecule has 0 aromatic heterocycles. The third kappa shape index (κ3) is 7.35. The highest BCUT2D eigenvalue weighted by Crippen LogP contribution is 2.29. The van der Waals surface area contributed by atoms with Crippen LogP contribution in [0.25, 0.3) is 0 Å². The van der Waals surface area contributed by atoms with Gasteiger partial charge in [-0.3, -0.25) is 19.2 Å². The van der Waals surface area contributed by atoms with Gasteiger partial charge in [0.25, 0.3) is 0 Å². The van der Waals surface area contributed by atoms with Crippen LogP contribution >= 0.6 is 0 Å². The molecule has 1 fully saturated rings. The number of rotatable bonds is 8. The van der Waals surface area contributed by atoms with Gasteiger partial charge in [0, 0.05) is 27.7 Å². The highest BCUT2D eigenvalue weighted by molar-refractivity contribution is 5.68. The van der Waals surface area contributed by atoms with Crippen molar-refractivity contribution in [3.05, 3.63) is 12.7 Å². The van der Waals surface area contributed by atoms with Gasteiger partial charge in [-0.05, 0) is 0 Å². The molecule has 1 aliphatic rings. The molecular weight excluding hydrogens is 364 g/mol. The first-order valence-corrected chi connectivity index (χ1v) is 8.18. The highest BCUT2D eigenvalue weighted by atomic mass is 16.7. The average Bonchev–Trinajstić information content (AvgIpc) is 2.54. The van der Waals surface area contributed by atoms with E-state index >= 15 is 0 Å². The van der Waals surface area contributed by atoms with Crippen LogP contribution in [-0.4, -0.2) is 67.8 Å². The summed E-state index contributed by atoms with van der Waals surface area (Å²) in [7, 11) is 0. The van der Waals surface area contributed by atoms with Gasteiger partial charge in [0.1, 0.15) is 12.7 Å². The van der Waals surface area contributed by atoms with Gasteiger partial charge in [0.15, 0.2) is 24.6 Å². The summed E-state index contributed by atoms with van der Waals surface area (Å²) in [6.07, 6.45) is -4.41. The number of hydrogen-bond donors (Lipinski definition) is 0. The van der Waals surface area contributed by atoms with Crippen molar-refractivity contribution in [1.82, 2.24) is 0 Å². The van der Waals surface area contributed by atoms with Crippen LogP contribution in [0.15, 0.2) is 12.7 Å². The van der Waals surface area contributed by atoms with Crippen LogP contribution in [0.1, 0.15) is 27.7 Å². The van der Waals surface area contributed by atoms with E-state index in [1.165, 1.54) is 13.0 Å². The van der Waals surface area contributed by atoms with Gasteiger partial charge < -0.3 is 28.4 Å². The van der Waals surface area contributed by atoms with Crippen molar-refractivity contribution in [3.63, 3.8) is 0 Å². The van der Waals surface area contributed by atoms with Crippen molar-refractivity contribution in [1.29, 1.82) is 0 Å². The van der Waals surface area contributed by atoms with E-state index in [1.807, 2.05) is 0 Å². The molecule has 0 radical (unpaired) electrons. The lowest BCUT2D eigenvalue weighted by Crippen LogP contribution is -2.62. The molecule has 27 heavy (non-hydrogen) atoms. The summed E-state index contributed by atoms with van der Waals surface area (Å²) in [6, 6.07) is 0. The van der Waals surface area contributed by atoms with Gasteiger partial charge in [-0.2, -0.15) is 0 Å². The average molecular weight is 388 g/mol. The second-order valence-electron chi connectivity index (χ2n) is 5.69. The number of esters is 4. The zero-order valence-electron chi connectivity index (χ0n) is 15.7. The highest BCUT2D eigenvalue weighted by Gasteiger charge is 2.52. The molecule has 152 valence electrons. The Labute approximate surface area is 156 Å². The van der Waals surface area contributed by atoms with Gasteiger partial charge in [-0.25, -0.2) is 0 Å². The van der Waals surface area contributed by atoms with Crippen molar-refractivity contribution < 1.29 is 47.6 Å². The molecule has 0 saturated carbocycles. The second kappa shape index (κ2) is 10.6. The van der Waals surface area contributed by atoms with E-state index < -0.39 is 54.6 Å². The summed E-state index contributed by atoms with van der Waals surface area (Å²) in [5, 5.41) is 0. The summed E-state index contributed by atoms with van der Waals surface area (Å²) in [5.74, 6) is -2.67. The Hall–Kier alpha value is -2.46. The molecule has 0 spiro atoms. The predicted molar refractivity (Wildman–Crippen MR) is 88.1 cm³/mol. The molecule has 1 aliphatic heterocycles. The van der Waals surface area contributed by atoms with E-state index in [9.17, 15) is 19.2 Å². The first kappa shape index (κ1) is 22.6. The van der Waals surface area contributed by atoms with Crippen molar-refractivity contribution in [2.24, 2.45) is 0 Å². The summed E-state index contributed by atoms with van der Waals surface area (Å²) in [6.45, 7) is 7.90. The molecule has 1 rings (SSSR count). The molecule has 10 heteroatoms. The number of carbonyl (C=O) groups excluding carboxylic acids is 4. The van der Waals surface area contributed by atoms with Gasteiger partial charge in [-0.1, -0.05) is 6.08 Å². The van der Waals surface area contributed by atoms with Crippen molar-refractivity contribution in [2.45, 2.75) is 58.4 Å². The fourth-order valence-electron chi connectivity index (χ4n) is 2.49. The molecule has 0 bridgehead atoms. The lowest BCUT2D eigenvalue weighted by Gasteiger charge is -2.43. The van der Waals surface area contributed by atoms with Crippen LogP contribution < -0.4 is 0 Å². The maximum atomic E-state index is 11.6. The number of hydrogen-bond acceptors (Lipinski definition) is 10. The Bertz CT molecular complexity index is 572. The van der Waals surface area contributed by atoms with E-state index in [-0.39, 0.29) is 13.2 Å². The van der Waals surface area contributed by atoms with Crippen LogP contribution in [0.3, 0.4) is 0 Å². The second-order valence-corrected chi connectivity index (χ2v) is 5.69. The monoisotopic (exact) mass is 388 g/mol. The van der Waals surface area contributed by atoms with Crippen molar-refractivity contribution in [2.75, 3.05) is 13.2 Å². The predicted octanol–water partition coefficient (Wildman–Crippen LogP) is 0.272. The zero-order valence-corrected chi connectivity index (χ0v) is 15.7.